The van der Waals surface area contributed by atoms with Gasteiger partial charge in [0.15, 0.2) is 23.9 Å². The van der Waals surface area contributed by atoms with Crippen molar-refractivity contribution in [2.75, 3.05) is 31.3 Å². The summed E-state index contributed by atoms with van der Waals surface area (Å²) in [5, 5.41) is 20.6. The molecule has 3 aromatic rings. The van der Waals surface area contributed by atoms with E-state index < -0.39 is 23.8 Å². The topological polar surface area (TPSA) is 129 Å². The van der Waals surface area contributed by atoms with E-state index in [1.54, 1.807) is 29.4 Å². The van der Waals surface area contributed by atoms with Gasteiger partial charge in [-0.05, 0) is 42.7 Å². The highest BCUT2D eigenvalue weighted by Gasteiger charge is 2.47. The van der Waals surface area contributed by atoms with Gasteiger partial charge >= 0.3 is 5.97 Å². The lowest BCUT2D eigenvalue weighted by Gasteiger charge is -2.29. The molecule has 0 aliphatic carbocycles. The Hall–Kier alpha value is -4.09. The van der Waals surface area contributed by atoms with Gasteiger partial charge in [0.2, 0.25) is 12.7 Å². The Morgan fingerprint density at radius 2 is 2.00 bits per heavy atom. The van der Waals surface area contributed by atoms with Gasteiger partial charge in [0, 0.05) is 55.5 Å². The van der Waals surface area contributed by atoms with Gasteiger partial charge in [-0.15, -0.1) is 0 Å². The number of carbonyl (C=O) groups excluding carboxylic acids is 1. The molecule has 4 heterocycles. The van der Waals surface area contributed by atoms with Gasteiger partial charge in [0.25, 0.3) is 0 Å². The van der Waals surface area contributed by atoms with Crippen molar-refractivity contribution in [3.63, 3.8) is 0 Å². The average molecular weight is 577 g/mol. The van der Waals surface area contributed by atoms with Crippen molar-refractivity contribution in [1.82, 2.24) is 14.9 Å². The van der Waals surface area contributed by atoms with E-state index >= 15 is 0 Å². The number of carbonyl (C=O) groups is 2. The van der Waals surface area contributed by atoms with Crippen molar-refractivity contribution in [2.45, 2.75) is 51.2 Å². The normalized spacial score (nSPS) is 19.6. The van der Waals surface area contributed by atoms with Crippen LogP contribution in [0.4, 0.5) is 5.69 Å². The number of aliphatic hydroxyl groups is 1. The molecule has 0 saturated carbocycles. The number of benzene rings is 1. The quantitative estimate of drug-likeness (QED) is 0.313. The number of aliphatic carboxylic acids is 1. The smallest absolute Gasteiger partial charge is 0.308 e. The molecule has 0 radical (unpaired) electrons. The van der Waals surface area contributed by atoms with E-state index in [1.807, 2.05) is 47.1 Å². The number of anilines is 1. The lowest BCUT2D eigenvalue weighted by Crippen LogP contribution is -2.45. The second-order valence-electron chi connectivity index (χ2n) is 10.9. The highest BCUT2D eigenvalue weighted by atomic mass is 16.7. The van der Waals surface area contributed by atoms with Crippen molar-refractivity contribution < 1.29 is 33.8 Å². The third-order valence-corrected chi connectivity index (χ3v) is 8.10. The zero-order valence-corrected chi connectivity index (χ0v) is 24.1. The Bertz CT molecular complexity index is 1400. The first-order chi connectivity index (χ1) is 20.4. The van der Waals surface area contributed by atoms with Crippen LogP contribution < -0.4 is 18.9 Å². The number of aromatic nitrogens is 3. The third kappa shape index (κ3) is 6.37. The van der Waals surface area contributed by atoms with E-state index in [0.717, 1.165) is 24.1 Å². The molecule has 1 fully saturated rings. The van der Waals surface area contributed by atoms with Crippen LogP contribution in [0, 0.1) is 5.92 Å². The van der Waals surface area contributed by atoms with Crippen LogP contribution in [0.3, 0.4) is 0 Å². The summed E-state index contributed by atoms with van der Waals surface area (Å²) in [6.45, 7) is 2.87. The number of hydrogen-bond donors (Lipinski definition) is 2. The second-order valence-corrected chi connectivity index (χ2v) is 10.9. The summed E-state index contributed by atoms with van der Waals surface area (Å²) in [5.74, 6) is -0.645. The fraction of sp³-hybridized carbons (Fsp3) is 0.452. The Balaban J connectivity index is 1.47. The van der Waals surface area contributed by atoms with Gasteiger partial charge in [-0.3, -0.25) is 14.5 Å². The predicted octanol–water partition coefficient (Wildman–Crippen LogP) is 2.46. The molecule has 2 aliphatic heterocycles. The molecule has 11 nitrogen and oxygen atoms in total. The number of unbranched alkanes of at least 4 members (excludes halogenated alkanes) is 1. The number of aliphatic hydroxyl groups excluding tert-OH is 1. The molecule has 2 N–H and O–H groups in total. The zero-order valence-electron chi connectivity index (χ0n) is 24.1. The van der Waals surface area contributed by atoms with Gasteiger partial charge in [-0.25, -0.2) is 14.5 Å². The van der Waals surface area contributed by atoms with Gasteiger partial charge in [0.1, 0.15) is 18.6 Å². The molecule has 3 atom stereocenters. The minimum atomic E-state index is -0.935. The maximum atomic E-state index is 13.9. The Morgan fingerprint density at radius 1 is 1.19 bits per heavy atom. The van der Waals surface area contributed by atoms with E-state index in [0.29, 0.717) is 48.8 Å². The molecule has 2 aromatic heterocycles. The van der Waals surface area contributed by atoms with Crippen LogP contribution in [0.5, 0.6) is 11.5 Å². The monoisotopic (exact) mass is 576 g/mol. The minimum absolute atomic E-state index is 0.0456. The molecule has 0 unspecified atom stereocenters. The van der Waals surface area contributed by atoms with Crippen molar-refractivity contribution in [1.29, 1.82) is 0 Å². The number of carboxylic acids is 1. The minimum Gasteiger partial charge on any atom is -0.481 e. The van der Waals surface area contributed by atoms with Crippen LogP contribution in [-0.2, 0) is 29.7 Å². The molecule has 0 bridgehead atoms. The van der Waals surface area contributed by atoms with Crippen LogP contribution in [0.1, 0.15) is 49.1 Å². The highest BCUT2D eigenvalue weighted by Crippen LogP contribution is 2.44. The second kappa shape index (κ2) is 13.3. The first kappa shape index (κ1) is 29.4. The summed E-state index contributed by atoms with van der Waals surface area (Å²) in [4.78, 5) is 39.3. The SMILES string of the molecule is CCCCN(C(=O)CN1C[C@H](c2cc(CO)c3c(c2)OCO3)[C@@H](C(=O)O)[C@@H]1CCc1ncccn1)c1ccc[n+](C)c1. The lowest BCUT2D eigenvalue weighted by molar-refractivity contribution is -0.670. The zero-order chi connectivity index (χ0) is 29.6. The van der Waals surface area contributed by atoms with E-state index in [9.17, 15) is 19.8 Å². The largest absolute Gasteiger partial charge is 0.481 e. The maximum Gasteiger partial charge on any atom is 0.308 e. The van der Waals surface area contributed by atoms with Crippen molar-refractivity contribution in [3.8, 4) is 11.5 Å². The van der Waals surface area contributed by atoms with Crippen LogP contribution >= 0.6 is 0 Å². The van der Waals surface area contributed by atoms with E-state index in [4.69, 9.17) is 9.47 Å². The molecule has 1 saturated heterocycles. The van der Waals surface area contributed by atoms with Gasteiger partial charge in [-0.1, -0.05) is 13.3 Å². The summed E-state index contributed by atoms with van der Waals surface area (Å²) in [6.07, 6.45) is 9.92. The summed E-state index contributed by atoms with van der Waals surface area (Å²) in [5.41, 5.74) is 2.10. The molecule has 222 valence electrons. The molecule has 0 spiro atoms. The molecular formula is C31H38N5O6+. The number of carboxylic acid groups (broad SMARTS) is 1. The van der Waals surface area contributed by atoms with Crippen molar-refractivity contribution in [3.05, 3.63) is 72.1 Å². The van der Waals surface area contributed by atoms with Gasteiger partial charge in [-0.2, -0.15) is 0 Å². The predicted molar refractivity (Wildman–Crippen MR) is 153 cm³/mol. The number of pyridine rings is 1. The molecule has 11 heteroatoms. The molecule has 1 amide bonds. The first-order valence-corrected chi connectivity index (χ1v) is 14.4. The fourth-order valence-electron chi connectivity index (χ4n) is 6.07. The number of amides is 1. The first-order valence-electron chi connectivity index (χ1n) is 14.4. The standard InChI is InChI=1S/C31H37N5O6/c1-3-4-13-36(23-7-5-12-34(2)16-23)28(38)18-35-17-24(21-14-22(19-37)30-26(15-21)41-20-42-30)29(31(39)40)25(35)8-9-27-32-10-6-11-33-27/h5-7,10-12,14-16,24-25,29,37H,3-4,8-9,13,17-20H2,1-2H3/p+1/t24-,25+,29-/m1/s1. The summed E-state index contributed by atoms with van der Waals surface area (Å²) in [7, 11) is 1.92. The fourth-order valence-corrected chi connectivity index (χ4v) is 6.07. The number of ether oxygens (including phenoxy) is 2. The van der Waals surface area contributed by atoms with Gasteiger partial charge in [0.05, 0.1) is 19.1 Å². The molecule has 2 aliphatic rings. The average Bonchev–Trinajstić information content (AvgIpc) is 3.61. The van der Waals surface area contributed by atoms with Crippen LogP contribution in [0.25, 0.3) is 0 Å². The maximum absolute atomic E-state index is 13.9. The number of hydrogen-bond acceptors (Lipinski definition) is 8. The van der Waals surface area contributed by atoms with Crippen LogP contribution in [0.2, 0.25) is 0 Å². The lowest BCUT2D eigenvalue weighted by atomic mass is 9.83. The number of aryl methyl sites for hydroxylation is 2. The Kier molecular flexibility index (Phi) is 9.28. The number of likely N-dealkylation sites (tertiary alicyclic amines) is 1. The Morgan fingerprint density at radius 3 is 2.71 bits per heavy atom. The number of fused-ring (bicyclic) bond motifs is 1. The van der Waals surface area contributed by atoms with E-state index in [-0.39, 0.29) is 25.9 Å². The number of nitrogens with zero attached hydrogens (tertiary/aromatic N) is 5. The van der Waals surface area contributed by atoms with Gasteiger partial charge < -0.3 is 24.6 Å². The van der Waals surface area contributed by atoms with Crippen LogP contribution in [0.15, 0.2) is 55.1 Å². The van der Waals surface area contributed by atoms with E-state index in [2.05, 4.69) is 16.9 Å². The number of rotatable bonds is 12. The van der Waals surface area contributed by atoms with Crippen LogP contribution in [-0.4, -0.2) is 69.4 Å². The summed E-state index contributed by atoms with van der Waals surface area (Å²) >= 11 is 0. The van der Waals surface area contributed by atoms with Crippen molar-refractivity contribution in [2.24, 2.45) is 13.0 Å². The molecule has 5 rings (SSSR count). The van der Waals surface area contributed by atoms with Crippen molar-refractivity contribution >= 4 is 17.6 Å². The molecular weight excluding hydrogens is 538 g/mol. The Labute approximate surface area is 245 Å². The molecule has 42 heavy (non-hydrogen) atoms. The summed E-state index contributed by atoms with van der Waals surface area (Å²) in [6, 6.07) is 8.75. The third-order valence-electron chi connectivity index (χ3n) is 8.10. The van der Waals surface area contributed by atoms with E-state index in [1.165, 1.54) is 0 Å². The summed E-state index contributed by atoms with van der Waals surface area (Å²) < 4.78 is 13.1. The molecule has 1 aromatic carbocycles. The highest BCUT2D eigenvalue weighted by molar-refractivity contribution is 5.94.